The van der Waals surface area contributed by atoms with Gasteiger partial charge in [-0.25, -0.2) is 0 Å². The smallest absolute Gasteiger partial charge is 0.292 e. The first kappa shape index (κ1) is 15.2. The second-order valence-corrected chi connectivity index (χ2v) is 6.19. The molecule has 0 aliphatic heterocycles. The molecule has 0 saturated heterocycles. The maximum absolute atomic E-state index is 12.2. The molecule has 0 unspecified atom stereocenters. The van der Waals surface area contributed by atoms with Crippen LogP contribution < -0.4 is 10.2 Å². The van der Waals surface area contributed by atoms with Gasteiger partial charge in [0.1, 0.15) is 12.2 Å². The van der Waals surface area contributed by atoms with Gasteiger partial charge < -0.3 is 0 Å². The number of amides is 1. The van der Waals surface area contributed by atoms with Gasteiger partial charge in [0, 0.05) is 6.20 Å². The van der Waals surface area contributed by atoms with Crippen LogP contribution in [0.25, 0.3) is 21.7 Å². The Morgan fingerprint density at radius 2 is 2.04 bits per heavy atom. The Labute approximate surface area is 145 Å². The van der Waals surface area contributed by atoms with Crippen LogP contribution in [0.1, 0.15) is 0 Å². The van der Waals surface area contributed by atoms with E-state index in [1.165, 1.54) is 4.57 Å². The molecule has 0 fully saturated rings. The van der Waals surface area contributed by atoms with Crippen molar-refractivity contribution in [3.8, 4) is 11.5 Å². The van der Waals surface area contributed by atoms with E-state index in [1.54, 1.807) is 18.3 Å². The van der Waals surface area contributed by atoms with Crippen LogP contribution in [0.5, 0.6) is 0 Å². The SMILES string of the molecule is O=C(Cn1c(=O)sc2ccccc21)Nc1n[nH]c(-c2ccccn2)n1. The van der Waals surface area contributed by atoms with Crippen LogP contribution in [0, 0.1) is 0 Å². The number of aromatic amines is 1. The van der Waals surface area contributed by atoms with E-state index in [2.05, 4.69) is 25.5 Å². The first-order chi connectivity index (χ1) is 12.2. The average molecular weight is 352 g/mol. The molecule has 124 valence electrons. The third kappa shape index (κ3) is 3.04. The third-order valence-electron chi connectivity index (χ3n) is 3.52. The molecule has 0 atom stereocenters. The Hall–Kier alpha value is -3.33. The molecule has 0 aliphatic carbocycles. The number of nitrogens with zero attached hydrogens (tertiary/aromatic N) is 4. The molecule has 8 nitrogen and oxygen atoms in total. The Morgan fingerprint density at radius 3 is 2.88 bits per heavy atom. The average Bonchev–Trinajstić information content (AvgIpc) is 3.21. The highest BCUT2D eigenvalue weighted by Gasteiger charge is 2.13. The van der Waals surface area contributed by atoms with Gasteiger partial charge in [0.05, 0.1) is 10.2 Å². The third-order valence-corrected chi connectivity index (χ3v) is 4.48. The van der Waals surface area contributed by atoms with Crippen molar-refractivity contribution in [1.29, 1.82) is 0 Å². The molecule has 0 aliphatic rings. The minimum atomic E-state index is -0.378. The molecular weight excluding hydrogens is 340 g/mol. The molecule has 0 radical (unpaired) electrons. The van der Waals surface area contributed by atoms with Crippen LogP contribution in [0.2, 0.25) is 0 Å². The molecule has 0 spiro atoms. The highest BCUT2D eigenvalue weighted by molar-refractivity contribution is 7.16. The zero-order valence-electron chi connectivity index (χ0n) is 12.8. The van der Waals surface area contributed by atoms with Crippen molar-refractivity contribution in [2.45, 2.75) is 6.54 Å². The Bertz CT molecular complexity index is 1100. The number of hydrogen-bond donors (Lipinski definition) is 2. The molecule has 1 aromatic carbocycles. The van der Waals surface area contributed by atoms with Gasteiger partial charge in [-0.3, -0.25) is 29.6 Å². The van der Waals surface area contributed by atoms with E-state index >= 15 is 0 Å². The molecule has 0 bridgehead atoms. The van der Waals surface area contributed by atoms with E-state index in [-0.39, 0.29) is 23.3 Å². The molecular formula is C16H12N6O2S. The second kappa shape index (κ2) is 6.29. The maximum Gasteiger partial charge on any atom is 0.308 e. The summed E-state index contributed by atoms with van der Waals surface area (Å²) in [7, 11) is 0. The summed E-state index contributed by atoms with van der Waals surface area (Å²) in [6.45, 7) is -0.101. The number of para-hydroxylation sites is 1. The van der Waals surface area contributed by atoms with E-state index in [4.69, 9.17) is 0 Å². The predicted octanol–water partition coefficient (Wildman–Crippen LogP) is 1.88. The van der Waals surface area contributed by atoms with Crippen molar-refractivity contribution in [3.63, 3.8) is 0 Å². The van der Waals surface area contributed by atoms with E-state index < -0.39 is 0 Å². The van der Waals surface area contributed by atoms with Crippen LogP contribution in [-0.2, 0) is 11.3 Å². The summed E-state index contributed by atoms with van der Waals surface area (Å²) < 4.78 is 2.28. The second-order valence-electron chi connectivity index (χ2n) is 5.19. The molecule has 4 aromatic rings. The summed E-state index contributed by atoms with van der Waals surface area (Å²) in [6, 6.07) is 12.8. The number of rotatable bonds is 4. The quantitative estimate of drug-likeness (QED) is 0.583. The number of aromatic nitrogens is 5. The van der Waals surface area contributed by atoms with Gasteiger partial charge in [-0.2, -0.15) is 4.98 Å². The normalized spacial score (nSPS) is 10.9. The summed E-state index contributed by atoms with van der Waals surface area (Å²) in [6.07, 6.45) is 1.64. The Kier molecular flexibility index (Phi) is 3.82. The lowest BCUT2D eigenvalue weighted by atomic mass is 10.3. The minimum absolute atomic E-state index is 0.101. The lowest BCUT2D eigenvalue weighted by molar-refractivity contribution is -0.116. The zero-order valence-corrected chi connectivity index (χ0v) is 13.7. The first-order valence-electron chi connectivity index (χ1n) is 7.43. The van der Waals surface area contributed by atoms with Crippen LogP contribution in [0.3, 0.4) is 0 Å². The Morgan fingerprint density at radius 1 is 1.20 bits per heavy atom. The molecule has 4 rings (SSSR count). The highest BCUT2D eigenvalue weighted by atomic mass is 32.1. The van der Waals surface area contributed by atoms with Gasteiger partial charge in [0.2, 0.25) is 11.9 Å². The van der Waals surface area contributed by atoms with Crippen LogP contribution >= 0.6 is 11.3 Å². The van der Waals surface area contributed by atoms with Crippen LogP contribution in [0.4, 0.5) is 5.95 Å². The molecule has 1 amide bonds. The van der Waals surface area contributed by atoms with Gasteiger partial charge in [-0.1, -0.05) is 29.5 Å². The summed E-state index contributed by atoms with van der Waals surface area (Å²) in [4.78, 5) is 32.5. The number of pyridine rings is 1. The van der Waals surface area contributed by atoms with E-state index in [1.807, 2.05) is 30.3 Å². The standard InChI is InChI=1S/C16H12N6O2S/c23-13(9-22-11-6-1-2-7-12(11)25-16(22)24)18-15-19-14(20-21-15)10-5-3-4-8-17-10/h1-8H,9H2,(H2,18,19,20,21,23). The van der Waals surface area contributed by atoms with Crippen molar-refractivity contribution in [1.82, 2.24) is 24.7 Å². The highest BCUT2D eigenvalue weighted by Crippen LogP contribution is 2.16. The number of H-pyrrole nitrogens is 1. The molecule has 2 N–H and O–H groups in total. The van der Waals surface area contributed by atoms with E-state index in [9.17, 15) is 9.59 Å². The number of thiazole rings is 1. The maximum atomic E-state index is 12.2. The number of anilines is 1. The van der Waals surface area contributed by atoms with Gasteiger partial charge >= 0.3 is 4.87 Å². The van der Waals surface area contributed by atoms with Crippen molar-refractivity contribution in [2.24, 2.45) is 0 Å². The lowest BCUT2D eigenvalue weighted by Gasteiger charge is -2.03. The van der Waals surface area contributed by atoms with Gasteiger partial charge in [-0.15, -0.1) is 5.10 Å². The molecule has 9 heteroatoms. The number of nitrogens with one attached hydrogen (secondary N) is 2. The van der Waals surface area contributed by atoms with Gasteiger partial charge in [-0.05, 0) is 24.3 Å². The summed E-state index contributed by atoms with van der Waals surface area (Å²) in [5.74, 6) is 0.213. The topological polar surface area (TPSA) is 106 Å². The Balaban J connectivity index is 1.52. The van der Waals surface area contributed by atoms with Crippen molar-refractivity contribution in [2.75, 3.05) is 5.32 Å². The first-order valence-corrected chi connectivity index (χ1v) is 8.24. The van der Waals surface area contributed by atoms with Crippen molar-refractivity contribution >= 4 is 33.4 Å². The van der Waals surface area contributed by atoms with Crippen molar-refractivity contribution in [3.05, 3.63) is 58.3 Å². The van der Waals surface area contributed by atoms with Gasteiger partial charge in [0.15, 0.2) is 5.82 Å². The lowest BCUT2D eigenvalue weighted by Crippen LogP contribution is -2.24. The fourth-order valence-corrected chi connectivity index (χ4v) is 3.30. The number of benzene rings is 1. The molecule has 25 heavy (non-hydrogen) atoms. The summed E-state index contributed by atoms with van der Waals surface area (Å²) in [5.41, 5.74) is 1.35. The van der Waals surface area contributed by atoms with Gasteiger partial charge in [0.25, 0.3) is 0 Å². The number of hydrogen-bond acceptors (Lipinski definition) is 6. The van der Waals surface area contributed by atoms with Crippen molar-refractivity contribution < 1.29 is 4.79 Å². The zero-order chi connectivity index (χ0) is 17.2. The fraction of sp³-hybridized carbons (Fsp3) is 0.0625. The monoisotopic (exact) mass is 352 g/mol. The summed E-state index contributed by atoms with van der Waals surface area (Å²) in [5, 5.41) is 9.26. The number of fused-ring (bicyclic) bond motifs is 1. The number of carbonyl (C=O) groups is 1. The number of carbonyl (C=O) groups excluding carboxylic acids is 1. The van der Waals surface area contributed by atoms with Crippen LogP contribution in [0.15, 0.2) is 53.5 Å². The minimum Gasteiger partial charge on any atom is -0.292 e. The molecule has 3 heterocycles. The molecule has 0 saturated carbocycles. The largest absolute Gasteiger partial charge is 0.308 e. The predicted molar refractivity (Wildman–Crippen MR) is 94.3 cm³/mol. The fourth-order valence-electron chi connectivity index (χ4n) is 2.41. The molecule has 3 aromatic heterocycles. The van der Waals surface area contributed by atoms with E-state index in [0.717, 1.165) is 21.6 Å². The van der Waals surface area contributed by atoms with E-state index in [0.29, 0.717) is 11.5 Å². The van der Waals surface area contributed by atoms with Crippen LogP contribution in [-0.4, -0.2) is 30.6 Å². The summed E-state index contributed by atoms with van der Waals surface area (Å²) >= 11 is 1.11.